The Morgan fingerprint density at radius 1 is 1.18 bits per heavy atom. The van der Waals surface area contributed by atoms with E-state index in [9.17, 15) is 15.3 Å². The normalized spacial score (nSPS) is 40.2. The molecule has 1 aliphatic heterocycles. The second-order valence-electron chi connectivity index (χ2n) is 4.54. The number of rotatable bonds is 5. The van der Waals surface area contributed by atoms with Crippen molar-refractivity contribution in [1.29, 1.82) is 0 Å². The van der Waals surface area contributed by atoms with E-state index in [1.165, 1.54) is 0 Å². The van der Waals surface area contributed by atoms with Crippen molar-refractivity contribution in [2.75, 3.05) is 13.2 Å². The lowest BCUT2D eigenvalue weighted by Gasteiger charge is -2.39. The van der Waals surface area contributed by atoms with Crippen LogP contribution in [0.25, 0.3) is 0 Å². The Morgan fingerprint density at radius 2 is 1.82 bits per heavy atom. The molecular formula is C11H22O6. The van der Waals surface area contributed by atoms with E-state index >= 15 is 0 Å². The van der Waals surface area contributed by atoms with Gasteiger partial charge in [0.15, 0.2) is 6.29 Å². The van der Waals surface area contributed by atoms with Crippen molar-refractivity contribution >= 4 is 0 Å². The monoisotopic (exact) mass is 250 g/mol. The zero-order valence-corrected chi connectivity index (χ0v) is 10.2. The highest BCUT2D eigenvalue weighted by Gasteiger charge is 2.43. The first-order chi connectivity index (χ1) is 8.01. The average Bonchev–Trinajstić information content (AvgIpc) is 2.34. The molecule has 0 aromatic rings. The van der Waals surface area contributed by atoms with E-state index < -0.39 is 37.3 Å². The van der Waals surface area contributed by atoms with Gasteiger partial charge in [-0.2, -0.15) is 0 Å². The summed E-state index contributed by atoms with van der Waals surface area (Å²) in [4.78, 5) is 0. The summed E-state index contributed by atoms with van der Waals surface area (Å²) in [6.45, 7) is 3.96. The minimum atomic E-state index is -1.37. The van der Waals surface area contributed by atoms with Crippen LogP contribution in [0.3, 0.4) is 0 Å². The second-order valence-corrected chi connectivity index (χ2v) is 4.54. The summed E-state index contributed by atoms with van der Waals surface area (Å²) in [6, 6.07) is 0. The van der Waals surface area contributed by atoms with Gasteiger partial charge in [0, 0.05) is 0 Å². The predicted octanol–water partition coefficient (Wildman–Crippen LogP) is -1.15. The van der Waals surface area contributed by atoms with Crippen LogP contribution in [0.1, 0.15) is 20.3 Å². The molecule has 0 saturated carbocycles. The highest BCUT2D eigenvalue weighted by Crippen LogP contribution is 2.22. The van der Waals surface area contributed by atoms with Gasteiger partial charge in [-0.1, -0.05) is 20.3 Å². The van der Waals surface area contributed by atoms with Crippen LogP contribution in [-0.2, 0) is 9.47 Å². The molecule has 6 heteroatoms. The van der Waals surface area contributed by atoms with Gasteiger partial charge in [0.1, 0.15) is 24.4 Å². The quantitative estimate of drug-likeness (QED) is 0.492. The van der Waals surface area contributed by atoms with Gasteiger partial charge < -0.3 is 29.9 Å². The molecule has 0 unspecified atom stereocenters. The van der Waals surface area contributed by atoms with Crippen molar-refractivity contribution in [3.8, 4) is 0 Å². The summed E-state index contributed by atoms with van der Waals surface area (Å²) in [5, 5.41) is 37.7. The average molecular weight is 250 g/mol. The maximum absolute atomic E-state index is 9.67. The van der Waals surface area contributed by atoms with Gasteiger partial charge in [0.05, 0.1) is 13.2 Å². The summed E-state index contributed by atoms with van der Waals surface area (Å²) in [5.74, 6) is 0.308. The topological polar surface area (TPSA) is 99.4 Å². The predicted molar refractivity (Wildman–Crippen MR) is 59.2 cm³/mol. The molecule has 0 radical (unpaired) electrons. The van der Waals surface area contributed by atoms with Crippen LogP contribution in [0.2, 0.25) is 0 Å². The lowest BCUT2D eigenvalue weighted by Crippen LogP contribution is -2.59. The van der Waals surface area contributed by atoms with Gasteiger partial charge in [-0.15, -0.1) is 0 Å². The highest BCUT2D eigenvalue weighted by atomic mass is 16.7. The van der Waals surface area contributed by atoms with E-state index in [0.717, 1.165) is 6.42 Å². The fraction of sp³-hybridized carbons (Fsp3) is 1.00. The molecule has 17 heavy (non-hydrogen) atoms. The van der Waals surface area contributed by atoms with E-state index in [1.54, 1.807) is 0 Å². The third-order valence-electron chi connectivity index (χ3n) is 3.09. The Kier molecular flexibility index (Phi) is 5.78. The first-order valence-electron chi connectivity index (χ1n) is 5.93. The summed E-state index contributed by atoms with van der Waals surface area (Å²) in [6.07, 6.45) is -5.01. The van der Waals surface area contributed by atoms with Crippen molar-refractivity contribution < 1.29 is 29.9 Å². The molecule has 1 saturated heterocycles. The molecular weight excluding hydrogens is 228 g/mol. The van der Waals surface area contributed by atoms with Gasteiger partial charge in [-0.3, -0.25) is 0 Å². The molecule has 0 bridgehead atoms. The van der Waals surface area contributed by atoms with Crippen LogP contribution in [-0.4, -0.2) is 64.3 Å². The van der Waals surface area contributed by atoms with E-state index in [1.807, 2.05) is 13.8 Å². The van der Waals surface area contributed by atoms with Crippen molar-refractivity contribution in [1.82, 2.24) is 0 Å². The Hall–Kier alpha value is -0.240. The van der Waals surface area contributed by atoms with Crippen LogP contribution in [0, 0.1) is 5.92 Å². The lowest BCUT2D eigenvalue weighted by atomic mass is 9.99. The first kappa shape index (κ1) is 14.8. The molecule has 4 N–H and O–H groups in total. The Bertz CT molecular complexity index is 222. The standard InChI is InChI=1S/C11H22O6/c1-3-6(2)5-16-11-10(15)9(14)8(13)7(4-12)17-11/h6-15H,3-5H2,1-2H3/t6-,7+,8+,9-,10+,11+/m0/s1. The van der Waals surface area contributed by atoms with E-state index in [2.05, 4.69) is 0 Å². The molecule has 1 aliphatic rings. The van der Waals surface area contributed by atoms with Crippen LogP contribution in [0.5, 0.6) is 0 Å². The zero-order chi connectivity index (χ0) is 13.0. The molecule has 1 heterocycles. The molecule has 0 aliphatic carbocycles. The summed E-state index contributed by atoms with van der Waals surface area (Å²) in [5.41, 5.74) is 0. The first-order valence-corrected chi connectivity index (χ1v) is 5.93. The molecule has 6 atom stereocenters. The van der Waals surface area contributed by atoms with Crippen LogP contribution >= 0.6 is 0 Å². The van der Waals surface area contributed by atoms with Crippen molar-refractivity contribution in [2.24, 2.45) is 5.92 Å². The Labute approximate surface area is 101 Å². The van der Waals surface area contributed by atoms with E-state index in [0.29, 0.717) is 12.5 Å². The van der Waals surface area contributed by atoms with Gasteiger partial charge in [-0.05, 0) is 5.92 Å². The number of aliphatic hydroxyl groups excluding tert-OH is 4. The van der Waals surface area contributed by atoms with Crippen LogP contribution < -0.4 is 0 Å². The molecule has 1 fully saturated rings. The Morgan fingerprint density at radius 3 is 2.35 bits per heavy atom. The van der Waals surface area contributed by atoms with Gasteiger partial charge in [0.2, 0.25) is 0 Å². The minimum Gasteiger partial charge on any atom is -0.394 e. The SMILES string of the molecule is CC[C@H](C)CO[C@@H]1O[C@H](CO)[C@@H](O)[C@H](O)[C@H]1O. The van der Waals surface area contributed by atoms with Gasteiger partial charge >= 0.3 is 0 Å². The number of ether oxygens (including phenoxy) is 2. The largest absolute Gasteiger partial charge is 0.394 e. The number of aliphatic hydroxyl groups is 4. The van der Waals surface area contributed by atoms with Gasteiger partial charge in [-0.25, -0.2) is 0 Å². The fourth-order valence-corrected chi connectivity index (χ4v) is 1.58. The Balaban J connectivity index is 2.53. The van der Waals surface area contributed by atoms with Crippen molar-refractivity contribution in [3.05, 3.63) is 0 Å². The van der Waals surface area contributed by atoms with E-state index in [4.69, 9.17) is 14.6 Å². The van der Waals surface area contributed by atoms with Crippen molar-refractivity contribution in [2.45, 2.75) is 51.0 Å². The number of hydrogen-bond acceptors (Lipinski definition) is 6. The molecule has 0 spiro atoms. The molecule has 0 aromatic heterocycles. The third-order valence-corrected chi connectivity index (χ3v) is 3.09. The molecule has 0 aromatic carbocycles. The van der Waals surface area contributed by atoms with Gasteiger partial charge in [0.25, 0.3) is 0 Å². The number of hydrogen-bond donors (Lipinski definition) is 4. The van der Waals surface area contributed by atoms with E-state index in [-0.39, 0.29) is 0 Å². The minimum absolute atomic E-state index is 0.308. The van der Waals surface area contributed by atoms with Crippen LogP contribution in [0.15, 0.2) is 0 Å². The molecule has 102 valence electrons. The summed E-state index contributed by atoms with van der Waals surface area (Å²) >= 11 is 0. The molecule has 6 nitrogen and oxygen atoms in total. The summed E-state index contributed by atoms with van der Waals surface area (Å²) < 4.78 is 10.5. The lowest BCUT2D eigenvalue weighted by molar-refractivity contribution is -0.303. The smallest absolute Gasteiger partial charge is 0.186 e. The molecule has 0 amide bonds. The second kappa shape index (κ2) is 6.63. The fourth-order valence-electron chi connectivity index (χ4n) is 1.58. The maximum Gasteiger partial charge on any atom is 0.186 e. The summed E-state index contributed by atoms with van der Waals surface area (Å²) in [7, 11) is 0. The third kappa shape index (κ3) is 3.61. The van der Waals surface area contributed by atoms with Crippen LogP contribution in [0.4, 0.5) is 0 Å². The zero-order valence-electron chi connectivity index (χ0n) is 10.2. The maximum atomic E-state index is 9.67. The highest BCUT2D eigenvalue weighted by molar-refractivity contribution is 4.88. The molecule has 1 rings (SSSR count). The van der Waals surface area contributed by atoms with Crippen molar-refractivity contribution in [3.63, 3.8) is 0 Å².